The SMILES string of the molecule is Cc1ccc(CNC(=O)c2cn3c(c(O)c2=O)C(=O)N2CN3[C@@H](C)CC(F)(F)[C@@H]2C)c(F)c1. The van der Waals surface area contributed by atoms with Gasteiger partial charge in [0.15, 0.2) is 11.4 Å². The summed E-state index contributed by atoms with van der Waals surface area (Å²) in [4.78, 5) is 39.3. The third-order valence-electron chi connectivity index (χ3n) is 6.25. The Balaban J connectivity index is 1.72. The zero-order chi connectivity index (χ0) is 24.2. The van der Waals surface area contributed by atoms with E-state index in [1.54, 1.807) is 13.0 Å². The predicted octanol–water partition coefficient (Wildman–Crippen LogP) is 2.10. The van der Waals surface area contributed by atoms with E-state index in [0.717, 1.165) is 15.8 Å². The number of benzene rings is 1. The maximum absolute atomic E-state index is 14.6. The van der Waals surface area contributed by atoms with Gasteiger partial charge in [0.25, 0.3) is 17.7 Å². The van der Waals surface area contributed by atoms with Crippen LogP contribution in [0, 0.1) is 12.7 Å². The number of carbonyl (C=O) groups is 2. The van der Waals surface area contributed by atoms with Crippen LogP contribution < -0.4 is 15.8 Å². The molecule has 2 N–H and O–H groups in total. The van der Waals surface area contributed by atoms with Gasteiger partial charge in [-0.05, 0) is 32.4 Å². The summed E-state index contributed by atoms with van der Waals surface area (Å²) in [5, 5.41) is 14.3. The lowest BCUT2D eigenvalue weighted by molar-refractivity contribution is -0.0653. The molecule has 0 radical (unpaired) electrons. The number of hydrogen-bond donors (Lipinski definition) is 2. The normalized spacial score (nSPS) is 21.5. The molecule has 0 aliphatic carbocycles. The van der Waals surface area contributed by atoms with Gasteiger partial charge >= 0.3 is 0 Å². The smallest absolute Gasteiger partial charge is 0.278 e. The van der Waals surface area contributed by atoms with Crippen LogP contribution in [0.25, 0.3) is 0 Å². The van der Waals surface area contributed by atoms with E-state index >= 15 is 0 Å². The number of pyridine rings is 1. The Hall–Kier alpha value is -3.50. The van der Waals surface area contributed by atoms with E-state index in [2.05, 4.69) is 5.32 Å². The lowest BCUT2D eigenvalue weighted by Crippen LogP contribution is -2.58. The number of carbonyl (C=O) groups excluding carboxylic acids is 2. The Morgan fingerprint density at radius 1 is 1.27 bits per heavy atom. The molecule has 1 aromatic carbocycles. The van der Waals surface area contributed by atoms with Gasteiger partial charge in [-0.2, -0.15) is 0 Å². The second-order valence-corrected chi connectivity index (χ2v) is 8.54. The molecule has 1 fully saturated rings. The number of rotatable bonds is 3. The van der Waals surface area contributed by atoms with Crippen LogP contribution in [-0.2, 0) is 6.54 Å². The quantitative estimate of drug-likeness (QED) is 0.726. The standard InChI is InChI=1S/C22H23F3N4O4/c1-11-4-5-14(16(23)6-11)8-26-20(32)15-9-28-17(19(31)18(15)30)21(33)27-10-29(28)12(2)7-22(24,25)13(27)3/h4-6,9,12-13,31H,7-8,10H2,1-3H3,(H,26,32)/t12-,13-/m0/s1. The molecule has 1 saturated heterocycles. The van der Waals surface area contributed by atoms with Crippen molar-refractivity contribution < 1.29 is 27.9 Å². The number of fused-ring (bicyclic) bond motifs is 4. The first-order valence-corrected chi connectivity index (χ1v) is 10.4. The minimum absolute atomic E-state index is 0.194. The number of aromatic hydroxyl groups is 1. The van der Waals surface area contributed by atoms with Gasteiger partial charge in [0.1, 0.15) is 18.0 Å². The Morgan fingerprint density at radius 2 is 1.97 bits per heavy atom. The van der Waals surface area contributed by atoms with Crippen LogP contribution >= 0.6 is 0 Å². The fourth-order valence-corrected chi connectivity index (χ4v) is 4.19. The molecule has 2 atom stereocenters. The van der Waals surface area contributed by atoms with E-state index in [4.69, 9.17) is 0 Å². The fraction of sp³-hybridized carbons (Fsp3) is 0.409. The molecule has 0 saturated carbocycles. The molecule has 2 amide bonds. The van der Waals surface area contributed by atoms with E-state index in [1.807, 2.05) is 0 Å². The first kappa shape index (κ1) is 22.7. The molecular weight excluding hydrogens is 441 g/mol. The maximum atomic E-state index is 14.6. The Morgan fingerprint density at radius 3 is 2.64 bits per heavy atom. The van der Waals surface area contributed by atoms with Gasteiger partial charge in [-0.1, -0.05) is 12.1 Å². The van der Waals surface area contributed by atoms with Crippen LogP contribution in [0.4, 0.5) is 13.2 Å². The van der Waals surface area contributed by atoms with E-state index < -0.39 is 64.5 Å². The predicted molar refractivity (Wildman–Crippen MR) is 112 cm³/mol. The van der Waals surface area contributed by atoms with Gasteiger partial charge in [-0.3, -0.25) is 24.1 Å². The first-order valence-electron chi connectivity index (χ1n) is 10.4. The highest BCUT2D eigenvalue weighted by Crippen LogP contribution is 2.36. The highest BCUT2D eigenvalue weighted by Gasteiger charge is 2.51. The van der Waals surface area contributed by atoms with Gasteiger partial charge in [0.05, 0.1) is 12.1 Å². The monoisotopic (exact) mass is 464 g/mol. The molecule has 0 unspecified atom stereocenters. The maximum Gasteiger partial charge on any atom is 0.278 e. The summed E-state index contributed by atoms with van der Waals surface area (Å²) in [7, 11) is 0. The third-order valence-corrected chi connectivity index (χ3v) is 6.25. The highest BCUT2D eigenvalue weighted by molar-refractivity contribution is 5.99. The molecule has 3 heterocycles. The van der Waals surface area contributed by atoms with Crippen LogP contribution in [0.2, 0.25) is 0 Å². The molecule has 176 valence electrons. The topological polar surface area (TPSA) is 94.9 Å². The van der Waals surface area contributed by atoms with E-state index in [9.17, 15) is 32.7 Å². The van der Waals surface area contributed by atoms with Gasteiger partial charge in [-0.25, -0.2) is 13.2 Å². The molecule has 2 aromatic rings. The van der Waals surface area contributed by atoms with Gasteiger partial charge in [-0.15, -0.1) is 0 Å². The van der Waals surface area contributed by atoms with E-state index in [0.29, 0.717) is 5.56 Å². The van der Waals surface area contributed by atoms with Crippen molar-refractivity contribution in [3.05, 3.63) is 62.8 Å². The molecule has 1 aromatic heterocycles. The van der Waals surface area contributed by atoms with Crippen LogP contribution in [0.5, 0.6) is 5.75 Å². The lowest BCUT2D eigenvalue weighted by atomic mass is 10.0. The van der Waals surface area contributed by atoms with E-state index in [-0.39, 0.29) is 18.8 Å². The Bertz CT molecular complexity index is 1210. The molecular formula is C22H23F3N4O4. The zero-order valence-corrected chi connectivity index (χ0v) is 18.2. The largest absolute Gasteiger partial charge is 0.502 e. The molecule has 0 spiro atoms. The summed E-state index contributed by atoms with van der Waals surface area (Å²) in [5.74, 6) is -6.56. The lowest BCUT2D eigenvalue weighted by Gasteiger charge is -2.41. The average Bonchev–Trinajstić information content (AvgIpc) is 2.81. The second kappa shape index (κ2) is 7.82. The average molecular weight is 464 g/mol. The molecule has 2 bridgehead atoms. The van der Waals surface area contributed by atoms with Crippen molar-refractivity contribution in [2.24, 2.45) is 0 Å². The van der Waals surface area contributed by atoms with Crippen LogP contribution in [0.1, 0.15) is 52.2 Å². The summed E-state index contributed by atoms with van der Waals surface area (Å²) in [5.41, 5.74) is -1.21. The summed E-state index contributed by atoms with van der Waals surface area (Å²) in [6.45, 7) is 4.03. The zero-order valence-electron chi connectivity index (χ0n) is 18.2. The van der Waals surface area contributed by atoms with E-state index in [1.165, 1.54) is 31.0 Å². The second-order valence-electron chi connectivity index (χ2n) is 8.54. The van der Waals surface area contributed by atoms with Crippen molar-refractivity contribution in [3.8, 4) is 5.75 Å². The van der Waals surface area contributed by atoms with Crippen LogP contribution in [-0.4, -0.2) is 51.2 Å². The number of alkyl halides is 2. The van der Waals surface area contributed by atoms with Crippen molar-refractivity contribution in [2.45, 2.75) is 51.7 Å². The van der Waals surface area contributed by atoms with Crippen molar-refractivity contribution >= 4 is 11.8 Å². The minimum atomic E-state index is -3.19. The fourth-order valence-electron chi connectivity index (χ4n) is 4.19. The van der Waals surface area contributed by atoms with Crippen molar-refractivity contribution in [1.29, 1.82) is 0 Å². The Labute approximate surface area is 187 Å². The summed E-state index contributed by atoms with van der Waals surface area (Å²) >= 11 is 0. The van der Waals surface area contributed by atoms with Crippen molar-refractivity contribution in [3.63, 3.8) is 0 Å². The number of hydrogen-bond acceptors (Lipinski definition) is 5. The summed E-state index contributed by atoms with van der Waals surface area (Å²) in [6.07, 6.45) is 0.483. The van der Waals surface area contributed by atoms with Crippen molar-refractivity contribution in [2.75, 3.05) is 11.7 Å². The molecule has 4 rings (SSSR count). The molecule has 8 nitrogen and oxygen atoms in total. The number of nitrogens with zero attached hydrogens (tertiary/aromatic N) is 3. The summed E-state index contributed by atoms with van der Waals surface area (Å²) < 4.78 is 44.4. The van der Waals surface area contributed by atoms with Gasteiger partial charge in [0, 0.05) is 24.7 Å². The number of aryl methyl sites for hydroxylation is 1. The number of amides is 2. The van der Waals surface area contributed by atoms with Crippen LogP contribution in [0.15, 0.2) is 29.2 Å². The number of nitrogens with one attached hydrogen (secondary N) is 1. The highest BCUT2D eigenvalue weighted by atomic mass is 19.3. The van der Waals surface area contributed by atoms with Crippen molar-refractivity contribution in [1.82, 2.24) is 14.9 Å². The van der Waals surface area contributed by atoms with Crippen LogP contribution in [0.3, 0.4) is 0 Å². The van der Waals surface area contributed by atoms with Gasteiger partial charge < -0.3 is 15.3 Å². The molecule has 2 aliphatic rings. The number of halogens is 3. The first-order chi connectivity index (χ1) is 15.4. The summed E-state index contributed by atoms with van der Waals surface area (Å²) in [6, 6.07) is 2.23. The molecule has 33 heavy (non-hydrogen) atoms. The van der Waals surface area contributed by atoms with Gasteiger partial charge in [0.2, 0.25) is 5.43 Å². The molecule has 11 heteroatoms. The minimum Gasteiger partial charge on any atom is -0.502 e. The third kappa shape index (κ3) is 3.70. The Kier molecular flexibility index (Phi) is 5.38. The molecule has 2 aliphatic heterocycles. The number of aromatic nitrogens is 1.